The van der Waals surface area contributed by atoms with Crippen LogP contribution in [-0.2, 0) is 9.59 Å². The highest BCUT2D eigenvalue weighted by molar-refractivity contribution is 5.91. The van der Waals surface area contributed by atoms with Gasteiger partial charge >= 0.3 is 0 Å². The quantitative estimate of drug-likeness (QED) is 0.501. The number of hydrogen-bond acceptors (Lipinski definition) is 5. The second-order valence-corrected chi connectivity index (χ2v) is 11.4. The summed E-state index contributed by atoms with van der Waals surface area (Å²) in [5.41, 5.74) is 0.839. The molecular weight excluding hydrogens is 432 g/mol. The first-order valence-electron chi connectivity index (χ1n) is 13.0. The van der Waals surface area contributed by atoms with Crippen LogP contribution in [0.5, 0.6) is 0 Å². The van der Waals surface area contributed by atoms with E-state index in [1.54, 1.807) is 12.1 Å². The average Bonchev–Trinajstić information content (AvgIpc) is 3.32. The van der Waals surface area contributed by atoms with Gasteiger partial charge in [0.2, 0.25) is 11.8 Å². The van der Waals surface area contributed by atoms with Gasteiger partial charge in [-0.05, 0) is 81.3 Å². The Morgan fingerprint density at radius 2 is 1.47 bits per heavy atom. The van der Waals surface area contributed by atoms with Gasteiger partial charge in [0.1, 0.15) is 6.04 Å². The van der Waals surface area contributed by atoms with Gasteiger partial charge in [0.25, 0.3) is 5.69 Å². The average molecular weight is 467 g/mol. The lowest BCUT2D eigenvalue weighted by Gasteiger charge is -2.56. The lowest BCUT2D eigenvalue weighted by molar-refractivity contribution is -0.384. The molecule has 8 heteroatoms. The van der Waals surface area contributed by atoms with Gasteiger partial charge in [0, 0.05) is 50.5 Å². The first-order valence-corrected chi connectivity index (χ1v) is 13.0. The van der Waals surface area contributed by atoms with Crippen molar-refractivity contribution < 1.29 is 14.5 Å². The maximum atomic E-state index is 13.9. The number of non-ortho nitro benzene ring substituents is 1. The molecule has 0 aromatic heterocycles. The fourth-order valence-electron chi connectivity index (χ4n) is 8.12. The van der Waals surface area contributed by atoms with Crippen molar-refractivity contribution in [3.63, 3.8) is 0 Å². The van der Waals surface area contributed by atoms with E-state index in [2.05, 4.69) is 4.90 Å². The normalized spacial score (nSPS) is 34.5. The maximum absolute atomic E-state index is 13.9. The number of carbonyl (C=O) groups excluding carboxylic acids is 2. The summed E-state index contributed by atoms with van der Waals surface area (Å²) in [6.07, 6.45) is 8.77. The second kappa shape index (κ2) is 8.24. The molecule has 34 heavy (non-hydrogen) atoms. The fraction of sp³-hybridized carbons (Fsp3) is 0.692. The number of benzene rings is 1. The third kappa shape index (κ3) is 3.66. The van der Waals surface area contributed by atoms with Crippen molar-refractivity contribution in [3.05, 3.63) is 34.4 Å². The standard InChI is InChI=1S/C26H34N4O4/c31-24(28-10-8-27(9-11-28)21-3-5-22(6-4-21)30(33)34)23-2-1-7-29(23)25(32)26-15-18-12-19(16-26)14-20(13-18)17-26/h3-6,18-20,23H,1-2,7-17H2. The fourth-order valence-corrected chi connectivity index (χ4v) is 8.12. The SMILES string of the molecule is O=C(C1CCCN1C(=O)C12CC3CC(CC(C3)C1)C2)N1CCN(c2ccc([N+](=O)[O-])cc2)CC1. The Labute approximate surface area is 200 Å². The minimum atomic E-state index is -0.390. The predicted molar refractivity (Wildman–Crippen MR) is 127 cm³/mol. The van der Waals surface area contributed by atoms with Gasteiger partial charge < -0.3 is 14.7 Å². The summed E-state index contributed by atoms with van der Waals surface area (Å²) in [5, 5.41) is 10.9. The largest absolute Gasteiger partial charge is 0.368 e. The molecule has 2 aliphatic heterocycles. The van der Waals surface area contributed by atoms with E-state index in [1.807, 2.05) is 9.80 Å². The zero-order valence-corrected chi connectivity index (χ0v) is 19.7. The minimum Gasteiger partial charge on any atom is -0.368 e. The van der Waals surface area contributed by atoms with Gasteiger partial charge in [-0.2, -0.15) is 0 Å². The Morgan fingerprint density at radius 1 is 0.882 bits per heavy atom. The maximum Gasteiger partial charge on any atom is 0.269 e. The van der Waals surface area contributed by atoms with Gasteiger partial charge in [-0.1, -0.05) is 0 Å². The Kier molecular flexibility index (Phi) is 5.30. The number of piperazine rings is 1. The molecule has 1 aromatic carbocycles. The molecular formula is C26H34N4O4. The first kappa shape index (κ1) is 21.9. The Balaban J connectivity index is 1.10. The molecule has 0 radical (unpaired) electrons. The van der Waals surface area contributed by atoms with Gasteiger partial charge in [-0.25, -0.2) is 0 Å². The van der Waals surface area contributed by atoms with Gasteiger partial charge in [0.15, 0.2) is 0 Å². The number of anilines is 1. The molecule has 6 aliphatic rings. The lowest BCUT2D eigenvalue weighted by atomic mass is 9.49. The molecule has 182 valence electrons. The van der Waals surface area contributed by atoms with E-state index >= 15 is 0 Å². The number of nitro groups is 1. The smallest absolute Gasteiger partial charge is 0.269 e. The van der Waals surface area contributed by atoms with Crippen LogP contribution in [0.15, 0.2) is 24.3 Å². The van der Waals surface area contributed by atoms with E-state index in [-0.39, 0.29) is 29.0 Å². The molecule has 0 N–H and O–H groups in total. The summed E-state index contributed by atoms with van der Waals surface area (Å²) in [6, 6.07) is 6.31. The topological polar surface area (TPSA) is 87.0 Å². The van der Waals surface area contributed by atoms with Crippen LogP contribution in [-0.4, -0.2) is 65.3 Å². The van der Waals surface area contributed by atoms with E-state index < -0.39 is 4.92 Å². The van der Waals surface area contributed by atoms with Crippen LogP contribution in [0.4, 0.5) is 11.4 Å². The van der Waals surface area contributed by atoms with Crippen LogP contribution in [0.3, 0.4) is 0 Å². The van der Waals surface area contributed by atoms with Crippen LogP contribution >= 0.6 is 0 Å². The number of rotatable bonds is 4. The number of likely N-dealkylation sites (tertiary alicyclic amines) is 1. The van der Waals surface area contributed by atoms with Crippen molar-refractivity contribution >= 4 is 23.2 Å². The number of carbonyl (C=O) groups is 2. The van der Waals surface area contributed by atoms with Crippen LogP contribution in [0.25, 0.3) is 0 Å². The van der Waals surface area contributed by atoms with Gasteiger partial charge in [-0.3, -0.25) is 19.7 Å². The number of nitro benzene ring substituents is 1. The molecule has 1 unspecified atom stereocenters. The molecule has 7 rings (SSSR count). The number of hydrogen-bond donors (Lipinski definition) is 0. The molecule has 2 saturated heterocycles. The zero-order chi connectivity index (χ0) is 23.4. The molecule has 4 aliphatic carbocycles. The zero-order valence-electron chi connectivity index (χ0n) is 19.7. The lowest BCUT2D eigenvalue weighted by Crippen LogP contribution is -2.59. The number of amides is 2. The molecule has 6 fully saturated rings. The highest BCUT2D eigenvalue weighted by atomic mass is 16.6. The van der Waals surface area contributed by atoms with Crippen LogP contribution in [0, 0.1) is 33.3 Å². The third-order valence-corrected chi connectivity index (χ3v) is 9.31. The van der Waals surface area contributed by atoms with Crippen molar-refractivity contribution in [2.75, 3.05) is 37.6 Å². The minimum absolute atomic E-state index is 0.0857. The van der Waals surface area contributed by atoms with E-state index in [9.17, 15) is 19.7 Å². The molecule has 2 amide bonds. The molecule has 1 aromatic rings. The molecule has 1 atom stereocenters. The van der Waals surface area contributed by atoms with E-state index in [0.29, 0.717) is 26.2 Å². The number of nitrogens with zero attached hydrogens (tertiary/aromatic N) is 4. The second-order valence-electron chi connectivity index (χ2n) is 11.4. The highest BCUT2D eigenvalue weighted by Gasteiger charge is 2.57. The van der Waals surface area contributed by atoms with Crippen molar-refractivity contribution in [1.82, 2.24) is 9.80 Å². The van der Waals surface area contributed by atoms with Crippen LogP contribution in [0.1, 0.15) is 51.4 Å². The monoisotopic (exact) mass is 466 g/mol. The summed E-state index contributed by atoms with van der Waals surface area (Å²) < 4.78 is 0. The molecule has 8 nitrogen and oxygen atoms in total. The van der Waals surface area contributed by atoms with Crippen LogP contribution in [0.2, 0.25) is 0 Å². The van der Waals surface area contributed by atoms with E-state index in [0.717, 1.165) is 62.1 Å². The van der Waals surface area contributed by atoms with Crippen LogP contribution < -0.4 is 4.90 Å². The summed E-state index contributed by atoms with van der Waals surface area (Å²) in [7, 11) is 0. The van der Waals surface area contributed by atoms with Crippen molar-refractivity contribution in [2.45, 2.75) is 57.4 Å². The Morgan fingerprint density at radius 3 is 2.03 bits per heavy atom. The highest BCUT2D eigenvalue weighted by Crippen LogP contribution is 2.60. The predicted octanol–water partition coefficient (Wildman–Crippen LogP) is 3.45. The molecule has 4 saturated carbocycles. The molecule has 2 heterocycles. The van der Waals surface area contributed by atoms with Crippen molar-refractivity contribution in [2.24, 2.45) is 23.2 Å². The Hall–Kier alpha value is -2.64. The molecule has 0 spiro atoms. The van der Waals surface area contributed by atoms with E-state index in [4.69, 9.17) is 0 Å². The summed E-state index contributed by atoms with van der Waals surface area (Å²) in [4.78, 5) is 44.0. The first-order chi connectivity index (χ1) is 16.4. The van der Waals surface area contributed by atoms with Gasteiger partial charge in [0.05, 0.1) is 10.3 Å². The van der Waals surface area contributed by atoms with E-state index in [1.165, 1.54) is 31.4 Å². The van der Waals surface area contributed by atoms with Gasteiger partial charge in [-0.15, -0.1) is 0 Å². The summed E-state index contributed by atoms with van der Waals surface area (Å²) in [5.74, 6) is 2.56. The van der Waals surface area contributed by atoms with Crippen molar-refractivity contribution in [3.8, 4) is 0 Å². The third-order valence-electron chi connectivity index (χ3n) is 9.31. The Bertz CT molecular complexity index is 950. The summed E-state index contributed by atoms with van der Waals surface area (Å²) >= 11 is 0. The summed E-state index contributed by atoms with van der Waals surface area (Å²) in [6.45, 7) is 3.34. The molecule has 4 bridgehead atoms. The van der Waals surface area contributed by atoms with Crippen molar-refractivity contribution in [1.29, 1.82) is 0 Å².